The third-order valence-corrected chi connectivity index (χ3v) is 3.51. The van der Waals surface area contributed by atoms with Crippen LogP contribution in [0.3, 0.4) is 0 Å². The number of carbonyl (C=O) groups is 1. The van der Waals surface area contributed by atoms with E-state index < -0.39 is 0 Å². The molecule has 118 valence electrons. The minimum Gasteiger partial charge on any atom is -0.388 e. The number of aromatic nitrogens is 1. The van der Waals surface area contributed by atoms with Gasteiger partial charge in [0, 0.05) is 32.0 Å². The van der Waals surface area contributed by atoms with Crippen molar-refractivity contribution in [3.8, 4) is 0 Å². The molecular weight excluding hydrogens is 262 g/mol. The summed E-state index contributed by atoms with van der Waals surface area (Å²) in [6.45, 7) is 10.3. The van der Waals surface area contributed by atoms with E-state index in [1.165, 1.54) is 0 Å². The maximum Gasteiger partial charge on any atom is 0.272 e. The molecular formula is C17H29N3O. The van der Waals surface area contributed by atoms with Crippen LogP contribution in [0, 0.1) is 11.8 Å². The normalized spacial score (nSPS) is 11.0. The summed E-state index contributed by atoms with van der Waals surface area (Å²) in [5.41, 5.74) is 1.44. The fraction of sp³-hybridized carbons (Fsp3) is 0.647. The van der Waals surface area contributed by atoms with Crippen molar-refractivity contribution in [3.05, 3.63) is 24.0 Å². The van der Waals surface area contributed by atoms with Crippen LogP contribution in [-0.2, 0) is 0 Å². The Labute approximate surface area is 129 Å². The molecule has 4 heteroatoms. The summed E-state index contributed by atoms with van der Waals surface area (Å²) in [5.74, 6) is 1.22. The van der Waals surface area contributed by atoms with Crippen LogP contribution < -0.4 is 5.32 Å². The molecule has 0 aliphatic heterocycles. The van der Waals surface area contributed by atoms with Gasteiger partial charge in [-0.3, -0.25) is 9.78 Å². The summed E-state index contributed by atoms with van der Waals surface area (Å²) in [7, 11) is 1.85. The Morgan fingerprint density at radius 2 is 1.76 bits per heavy atom. The molecule has 1 aromatic rings. The third kappa shape index (κ3) is 6.15. The fourth-order valence-electron chi connectivity index (χ4n) is 2.01. The zero-order chi connectivity index (χ0) is 15.8. The summed E-state index contributed by atoms with van der Waals surface area (Å²) in [6.07, 6.45) is 3.73. The van der Waals surface area contributed by atoms with Gasteiger partial charge in [0.15, 0.2) is 0 Å². The van der Waals surface area contributed by atoms with Crippen molar-refractivity contribution in [1.29, 1.82) is 0 Å². The average Bonchev–Trinajstić information content (AvgIpc) is 2.46. The lowest BCUT2D eigenvalue weighted by atomic mass is 10.1. The number of carbonyl (C=O) groups excluding carboxylic acids is 1. The van der Waals surface area contributed by atoms with Gasteiger partial charge >= 0.3 is 0 Å². The van der Waals surface area contributed by atoms with Gasteiger partial charge < -0.3 is 10.2 Å². The van der Waals surface area contributed by atoms with E-state index in [2.05, 4.69) is 38.0 Å². The summed E-state index contributed by atoms with van der Waals surface area (Å²) in [4.78, 5) is 18.9. The lowest BCUT2D eigenvalue weighted by Gasteiger charge is -2.24. The predicted molar refractivity (Wildman–Crippen MR) is 88.6 cm³/mol. The molecule has 4 nitrogen and oxygen atoms in total. The highest BCUT2D eigenvalue weighted by molar-refractivity contribution is 5.93. The number of anilines is 1. The lowest BCUT2D eigenvalue weighted by molar-refractivity contribution is 0.0735. The van der Waals surface area contributed by atoms with Crippen LogP contribution in [0.4, 0.5) is 5.69 Å². The van der Waals surface area contributed by atoms with E-state index in [-0.39, 0.29) is 5.91 Å². The van der Waals surface area contributed by atoms with Crippen molar-refractivity contribution in [2.45, 2.75) is 40.5 Å². The standard InChI is InChI=1S/C17H29N3O/c1-13(2)7-10-20(11-8-14(3)4)17(21)16-12-15(18-5)6-9-19-16/h6,9,12-14H,7-8,10-11H2,1-5H3,(H,18,19). The molecule has 0 aliphatic rings. The third-order valence-electron chi connectivity index (χ3n) is 3.51. The van der Waals surface area contributed by atoms with Crippen LogP contribution in [0.2, 0.25) is 0 Å². The Kier molecular flexibility index (Phi) is 7.20. The minimum absolute atomic E-state index is 0.0356. The van der Waals surface area contributed by atoms with E-state index in [0.29, 0.717) is 17.5 Å². The molecule has 1 aromatic heterocycles. The Balaban J connectivity index is 2.81. The minimum atomic E-state index is 0.0356. The highest BCUT2D eigenvalue weighted by Crippen LogP contribution is 2.13. The number of pyridine rings is 1. The van der Waals surface area contributed by atoms with Gasteiger partial charge in [-0.1, -0.05) is 27.7 Å². The molecule has 0 bridgehead atoms. The second-order valence-electron chi connectivity index (χ2n) is 6.34. The number of nitrogens with zero attached hydrogens (tertiary/aromatic N) is 2. The van der Waals surface area contributed by atoms with Gasteiger partial charge in [0.2, 0.25) is 0 Å². The van der Waals surface area contributed by atoms with Crippen molar-refractivity contribution in [1.82, 2.24) is 9.88 Å². The number of hydrogen-bond acceptors (Lipinski definition) is 3. The highest BCUT2D eigenvalue weighted by atomic mass is 16.2. The molecule has 0 fully saturated rings. The first kappa shape index (κ1) is 17.5. The summed E-state index contributed by atoms with van der Waals surface area (Å²) >= 11 is 0. The van der Waals surface area contributed by atoms with Gasteiger partial charge in [-0.2, -0.15) is 0 Å². The van der Waals surface area contributed by atoms with E-state index in [1.807, 2.05) is 24.1 Å². The molecule has 0 radical (unpaired) electrons. The van der Waals surface area contributed by atoms with E-state index in [0.717, 1.165) is 31.6 Å². The second-order valence-corrected chi connectivity index (χ2v) is 6.34. The van der Waals surface area contributed by atoms with Gasteiger partial charge in [-0.05, 0) is 36.8 Å². The average molecular weight is 291 g/mol. The quantitative estimate of drug-likeness (QED) is 0.795. The topological polar surface area (TPSA) is 45.2 Å². The zero-order valence-corrected chi connectivity index (χ0v) is 14.0. The smallest absolute Gasteiger partial charge is 0.272 e. The molecule has 1 heterocycles. The Bertz CT molecular complexity index is 431. The van der Waals surface area contributed by atoms with Crippen LogP contribution >= 0.6 is 0 Å². The Hall–Kier alpha value is -1.58. The lowest BCUT2D eigenvalue weighted by Crippen LogP contribution is -2.34. The first-order valence-corrected chi connectivity index (χ1v) is 7.87. The molecule has 1 rings (SSSR count). The maximum atomic E-state index is 12.7. The molecule has 0 saturated heterocycles. The molecule has 0 spiro atoms. The summed E-state index contributed by atoms with van der Waals surface area (Å²) < 4.78 is 0. The second kappa shape index (κ2) is 8.65. The first-order valence-electron chi connectivity index (χ1n) is 7.87. The van der Waals surface area contributed by atoms with Crippen molar-refractivity contribution in [2.24, 2.45) is 11.8 Å². The molecule has 0 saturated carbocycles. The van der Waals surface area contributed by atoms with E-state index >= 15 is 0 Å². The maximum absolute atomic E-state index is 12.7. The van der Waals surface area contributed by atoms with Crippen molar-refractivity contribution in [3.63, 3.8) is 0 Å². The zero-order valence-electron chi connectivity index (χ0n) is 14.0. The van der Waals surface area contributed by atoms with Gasteiger partial charge in [0.25, 0.3) is 5.91 Å². The molecule has 0 aromatic carbocycles. The van der Waals surface area contributed by atoms with E-state index in [9.17, 15) is 4.79 Å². The fourth-order valence-corrected chi connectivity index (χ4v) is 2.01. The van der Waals surface area contributed by atoms with Crippen LogP contribution in [-0.4, -0.2) is 35.9 Å². The van der Waals surface area contributed by atoms with Crippen molar-refractivity contribution >= 4 is 11.6 Å². The largest absolute Gasteiger partial charge is 0.388 e. The van der Waals surface area contributed by atoms with Crippen molar-refractivity contribution in [2.75, 3.05) is 25.5 Å². The summed E-state index contributed by atoms with van der Waals surface area (Å²) in [5, 5.41) is 3.05. The molecule has 0 unspecified atom stereocenters. The number of rotatable bonds is 8. The van der Waals surface area contributed by atoms with E-state index in [4.69, 9.17) is 0 Å². The molecule has 0 atom stereocenters. The van der Waals surface area contributed by atoms with E-state index in [1.54, 1.807) is 6.20 Å². The van der Waals surface area contributed by atoms with Crippen LogP contribution in [0.15, 0.2) is 18.3 Å². The molecule has 1 N–H and O–H groups in total. The summed E-state index contributed by atoms with van der Waals surface area (Å²) in [6, 6.07) is 3.68. The Morgan fingerprint density at radius 1 is 1.19 bits per heavy atom. The number of hydrogen-bond donors (Lipinski definition) is 1. The number of amides is 1. The van der Waals surface area contributed by atoms with Crippen LogP contribution in [0.5, 0.6) is 0 Å². The first-order chi connectivity index (χ1) is 9.93. The predicted octanol–water partition coefficient (Wildman–Crippen LogP) is 3.66. The SMILES string of the molecule is CNc1ccnc(C(=O)N(CCC(C)C)CCC(C)C)c1. The number of nitrogens with one attached hydrogen (secondary N) is 1. The van der Waals surface area contributed by atoms with Gasteiger partial charge in [0.1, 0.15) is 5.69 Å². The van der Waals surface area contributed by atoms with Gasteiger partial charge in [0.05, 0.1) is 0 Å². The molecule has 1 amide bonds. The van der Waals surface area contributed by atoms with Gasteiger partial charge in [-0.25, -0.2) is 0 Å². The monoisotopic (exact) mass is 291 g/mol. The van der Waals surface area contributed by atoms with Crippen LogP contribution in [0.1, 0.15) is 51.0 Å². The van der Waals surface area contributed by atoms with Gasteiger partial charge in [-0.15, -0.1) is 0 Å². The Morgan fingerprint density at radius 3 is 2.24 bits per heavy atom. The molecule has 21 heavy (non-hydrogen) atoms. The van der Waals surface area contributed by atoms with Crippen LogP contribution in [0.25, 0.3) is 0 Å². The molecule has 0 aliphatic carbocycles. The highest BCUT2D eigenvalue weighted by Gasteiger charge is 2.17. The van der Waals surface area contributed by atoms with Crippen molar-refractivity contribution < 1.29 is 4.79 Å².